The van der Waals surface area contributed by atoms with Crippen LogP contribution < -0.4 is 5.32 Å². The third-order valence-electron chi connectivity index (χ3n) is 3.89. The molecule has 0 amide bonds. The van der Waals surface area contributed by atoms with Crippen molar-refractivity contribution in [2.45, 2.75) is 47.7 Å². The molecule has 0 aromatic heterocycles. The molecule has 0 fully saturated rings. The van der Waals surface area contributed by atoms with Crippen LogP contribution in [0.2, 0.25) is 0 Å². The van der Waals surface area contributed by atoms with Crippen LogP contribution in [0.25, 0.3) is 0 Å². The highest BCUT2D eigenvalue weighted by Gasteiger charge is 2.21. The molecule has 0 saturated heterocycles. The lowest BCUT2D eigenvalue weighted by atomic mass is 9.92. The number of benzene rings is 1. The summed E-state index contributed by atoms with van der Waals surface area (Å²) < 4.78 is 0. The van der Waals surface area contributed by atoms with E-state index in [4.69, 9.17) is 0 Å². The quantitative estimate of drug-likeness (QED) is 0.814. The fourth-order valence-corrected chi connectivity index (χ4v) is 2.42. The van der Waals surface area contributed by atoms with Gasteiger partial charge in [-0.25, -0.2) is 9.98 Å². The fourth-order valence-electron chi connectivity index (χ4n) is 2.42. The third kappa shape index (κ3) is 2.23. The molecule has 0 radical (unpaired) electrons. The van der Waals surface area contributed by atoms with Crippen molar-refractivity contribution < 1.29 is 5.11 Å². The lowest BCUT2D eigenvalue weighted by molar-refractivity contribution is 0.468. The maximum Gasteiger partial charge on any atom is 0.162 e. The Kier molecular flexibility index (Phi) is 3.35. The molecule has 1 atom stereocenters. The highest BCUT2D eigenvalue weighted by molar-refractivity contribution is 6.10. The second-order valence-electron chi connectivity index (χ2n) is 5.19. The van der Waals surface area contributed by atoms with Gasteiger partial charge in [-0.3, -0.25) is 0 Å². The minimum atomic E-state index is -0.0202. The van der Waals surface area contributed by atoms with Crippen LogP contribution in [0.15, 0.2) is 9.98 Å². The topological polar surface area (TPSA) is 57.0 Å². The maximum atomic E-state index is 10.4. The molecule has 1 aromatic carbocycles. The first-order valence-electron chi connectivity index (χ1n) is 6.52. The van der Waals surface area contributed by atoms with Gasteiger partial charge < -0.3 is 10.4 Å². The van der Waals surface area contributed by atoms with E-state index >= 15 is 0 Å². The Morgan fingerprint density at radius 2 is 1.53 bits per heavy atom. The molecular formula is C15H21N3O. The Morgan fingerprint density at radius 1 is 0.947 bits per heavy atom. The minimum absolute atomic E-state index is 0.0202. The van der Waals surface area contributed by atoms with Crippen LogP contribution in [0, 0.1) is 27.7 Å². The molecule has 1 aromatic rings. The van der Waals surface area contributed by atoms with Crippen molar-refractivity contribution >= 4 is 11.7 Å². The first kappa shape index (κ1) is 13.6. The normalized spacial score (nSPS) is 18.7. The molecule has 1 heterocycles. The summed E-state index contributed by atoms with van der Waals surface area (Å²) >= 11 is 0. The van der Waals surface area contributed by atoms with Gasteiger partial charge in [0, 0.05) is 0 Å². The van der Waals surface area contributed by atoms with Crippen LogP contribution in [0.4, 0.5) is 0 Å². The van der Waals surface area contributed by atoms with E-state index in [1.807, 2.05) is 34.6 Å². The van der Waals surface area contributed by atoms with Crippen molar-refractivity contribution in [3.8, 4) is 5.75 Å². The van der Waals surface area contributed by atoms with E-state index in [0.29, 0.717) is 11.6 Å². The first-order valence-corrected chi connectivity index (χ1v) is 6.52. The van der Waals surface area contributed by atoms with Crippen LogP contribution in [0.1, 0.15) is 41.7 Å². The number of amidine groups is 2. The standard InChI is InChI=1S/C15H21N3O/c1-7-8(2)10(4)14(19)13(9(7)3)15-17-11(5)16-12(6)18-15/h11,19H,1-6H3,(H,16,17,18)/t11-/m1/s1. The molecule has 0 saturated carbocycles. The summed E-state index contributed by atoms with van der Waals surface area (Å²) in [5.74, 6) is 1.74. The Hall–Kier alpha value is -1.84. The van der Waals surface area contributed by atoms with Gasteiger partial charge in [0.25, 0.3) is 0 Å². The number of phenolic OH excluding ortho intramolecular Hbond substituents is 1. The number of aliphatic imine (C=N–C) groups is 2. The van der Waals surface area contributed by atoms with E-state index in [1.54, 1.807) is 0 Å². The molecule has 19 heavy (non-hydrogen) atoms. The molecule has 2 N–H and O–H groups in total. The van der Waals surface area contributed by atoms with Gasteiger partial charge in [0.1, 0.15) is 17.8 Å². The van der Waals surface area contributed by atoms with E-state index in [0.717, 1.165) is 28.1 Å². The van der Waals surface area contributed by atoms with E-state index in [1.165, 1.54) is 5.56 Å². The second-order valence-corrected chi connectivity index (χ2v) is 5.19. The minimum Gasteiger partial charge on any atom is -0.507 e. The molecule has 0 bridgehead atoms. The van der Waals surface area contributed by atoms with Crippen molar-refractivity contribution in [3.05, 3.63) is 27.8 Å². The molecule has 2 rings (SSSR count). The van der Waals surface area contributed by atoms with E-state index in [2.05, 4.69) is 22.2 Å². The van der Waals surface area contributed by atoms with Crippen LogP contribution >= 0.6 is 0 Å². The molecule has 4 heteroatoms. The van der Waals surface area contributed by atoms with Gasteiger partial charge in [-0.1, -0.05) is 0 Å². The second kappa shape index (κ2) is 4.68. The highest BCUT2D eigenvalue weighted by Crippen LogP contribution is 2.33. The van der Waals surface area contributed by atoms with Crippen LogP contribution in [-0.4, -0.2) is 22.9 Å². The molecular weight excluding hydrogens is 238 g/mol. The van der Waals surface area contributed by atoms with Crippen molar-refractivity contribution in [2.24, 2.45) is 9.98 Å². The summed E-state index contributed by atoms with van der Waals surface area (Å²) in [5.41, 5.74) is 5.02. The van der Waals surface area contributed by atoms with Gasteiger partial charge in [0.05, 0.1) is 5.56 Å². The third-order valence-corrected chi connectivity index (χ3v) is 3.89. The number of hydrogen-bond donors (Lipinski definition) is 2. The molecule has 4 nitrogen and oxygen atoms in total. The Balaban J connectivity index is 2.71. The largest absolute Gasteiger partial charge is 0.507 e. The predicted octanol–water partition coefficient (Wildman–Crippen LogP) is 2.74. The predicted molar refractivity (Wildman–Crippen MR) is 79.3 cm³/mol. The summed E-state index contributed by atoms with van der Waals surface area (Å²) in [5, 5.41) is 13.6. The average molecular weight is 259 g/mol. The van der Waals surface area contributed by atoms with Crippen molar-refractivity contribution in [2.75, 3.05) is 0 Å². The zero-order valence-electron chi connectivity index (χ0n) is 12.4. The molecule has 0 aliphatic carbocycles. The molecule has 1 aliphatic heterocycles. The molecule has 102 valence electrons. The molecule has 0 unspecified atom stereocenters. The zero-order chi connectivity index (χ0) is 14.3. The number of hydrogen-bond acceptors (Lipinski definition) is 4. The number of nitrogens with zero attached hydrogens (tertiary/aromatic N) is 2. The van der Waals surface area contributed by atoms with Gasteiger partial charge in [-0.15, -0.1) is 0 Å². The highest BCUT2D eigenvalue weighted by atomic mass is 16.3. The Bertz CT molecular complexity index is 571. The van der Waals surface area contributed by atoms with Crippen LogP contribution in [0.5, 0.6) is 5.75 Å². The van der Waals surface area contributed by atoms with Crippen molar-refractivity contribution in [1.29, 1.82) is 0 Å². The van der Waals surface area contributed by atoms with Crippen molar-refractivity contribution in [3.63, 3.8) is 0 Å². The zero-order valence-corrected chi connectivity index (χ0v) is 12.4. The summed E-state index contributed by atoms with van der Waals surface area (Å²) in [6.45, 7) is 11.9. The summed E-state index contributed by atoms with van der Waals surface area (Å²) in [4.78, 5) is 8.93. The summed E-state index contributed by atoms with van der Waals surface area (Å²) in [6, 6.07) is 0. The lowest BCUT2D eigenvalue weighted by Crippen LogP contribution is -2.34. The smallest absolute Gasteiger partial charge is 0.162 e. The SMILES string of the molecule is CC1=NC(c2c(C)c(C)c(C)c(C)c2O)=N[C@H](C)N1. The van der Waals surface area contributed by atoms with Crippen LogP contribution in [-0.2, 0) is 0 Å². The maximum absolute atomic E-state index is 10.4. The number of nitrogens with one attached hydrogen (secondary N) is 1. The van der Waals surface area contributed by atoms with Gasteiger partial charge in [-0.2, -0.15) is 0 Å². The Labute approximate surface area is 114 Å². The monoisotopic (exact) mass is 259 g/mol. The van der Waals surface area contributed by atoms with Gasteiger partial charge >= 0.3 is 0 Å². The van der Waals surface area contributed by atoms with Gasteiger partial charge in [0.2, 0.25) is 0 Å². The summed E-state index contributed by atoms with van der Waals surface area (Å²) in [7, 11) is 0. The molecule has 0 spiro atoms. The number of rotatable bonds is 1. The first-order chi connectivity index (χ1) is 8.82. The van der Waals surface area contributed by atoms with E-state index in [9.17, 15) is 5.11 Å². The lowest BCUT2D eigenvalue weighted by Gasteiger charge is -2.21. The number of aromatic hydroxyl groups is 1. The fraction of sp³-hybridized carbons (Fsp3) is 0.467. The van der Waals surface area contributed by atoms with Gasteiger partial charge in [0.15, 0.2) is 5.84 Å². The van der Waals surface area contributed by atoms with Crippen LogP contribution in [0.3, 0.4) is 0 Å². The van der Waals surface area contributed by atoms with Gasteiger partial charge in [-0.05, 0) is 63.8 Å². The Morgan fingerprint density at radius 3 is 2.11 bits per heavy atom. The average Bonchev–Trinajstić information content (AvgIpc) is 2.33. The number of phenols is 1. The summed E-state index contributed by atoms with van der Waals surface area (Å²) in [6.07, 6.45) is -0.0202. The van der Waals surface area contributed by atoms with E-state index in [-0.39, 0.29) is 6.17 Å². The van der Waals surface area contributed by atoms with E-state index < -0.39 is 0 Å². The van der Waals surface area contributed by atoms with Crippen molar-refractivity contribution in [1.82, 2.24) is 5.32 Å². The molecule has 1 aliphatic rings.